The summed E-state index contributed by atoms with van der Waals surface area (Å²) in [5.74, 6) is 1.38. The quantitative estimate of drug-likeness (QED) is 0.487. The molecule has 0 aliphatic carbocycles. The smallest absolute Gasteiger partial charge is 0.184 e. The van der Waals surface area contributed by atoms with Gasteiger partial charge in [0.2, 0.25) is 0 Å². The lowest BCUT2D eigenvalue weighted by atomic mass is 10.1. The van der Waals surface area contributed by atoms with Gasteiger partial charge < -0.3 is 10.5 Å². The number of benzene rings is 1. The first kappa shape index (κ1) is 14.4. The number of hydrazone groups is 1. The summed E-state index contributed by atoms with van der Waals surface area (Å²) in [5.41, 5.74) is 9.68. The van der Waals surface area contributed by atoms with Crippen LogP contribution in [0, 0.1) is 5.92 Å². The van der Waals surface area contributed by atoms with Gasteiger partial charge in [0.25, 0.3) is 0 Å². The van der Waals surface area contributed by atoms with Crippen molar-refractivity contribution in [2.24, 2.45) is 16.8 Å². The van der Waals surface area contributed by atoms with Crippen molar-refractivity contribution in [1.29, 1.82) is 0 Å². The van der Waals surface area contributed by atoms with E-state index < -0.39 is 0 Å². The predicted octanol–water partition coefficient (Wildman–Crippen LogP) is 2.28. The third-order valence-corrected chi connectivity index (χ3v) is 2.28. The van der Waals surface area contributed by atoms with Gasteiger partial charge in [0.15, 0.2) is 5.11 Å². The van der Waals surface area contributed by atoms with Gasteiger partial charge in [-0.25, -0.2) is 0 Å². The Morgan fingerprint density at radius 1 is 1.39 bits per heavy atom. The van der Waals surface area contributed by atoms with Gasteiger partial charge >= 0.3 is 0 Å². The van der Waals surface area contributed by atoms with Crippen molar-refractivity contribution >= 4 is 23.0 Å². The van der Waals surface area contributed by atoms with Crippen LogP contribution in [0.1, 0.15) is 26.3 Å². The molecule has 3 N–H and O–H groups in total. The Balaban J connectivity index is 2.64. The lowest BCUT2D eigenvalue weighted by molar-refractivity contribution is 0.271. The molecule has 0 atom stereocenters. The predicted molar refractivity (Wildman–Crippen MR) is 78.9 cm³/mol. The zero-order chi connectivity index (χ0) is 13.5. The fourth-order valence-electron chi connectivity index (χ4n) is 1.26. The summed E-state index contributed by atoms with van der Waals surface area (Å²) in [6.45, 7) is 6.84. The fraction of sp³-hybridized carbons (Fsp3) is 0.385. The number of hydrogen-bond acceptors (Lipinski definition) is 3. The Hall–Kier alpha value is -1.62. The molecule has 4 nitrogen and oxygen atoms in total. The Labute approximate surface area is 113 Å². The third-order valence-electron chi connectivity index (χ3n) is 2.19. The molecule has 0 amide bonds. The van der Waals surface area contributed by atoms with Gasteiger partial charge in [-0.15, -0.1) is 0 Å². The maximum atomic E-state index is 5.60. The van der Waals surface area contributed by atoms with Crippen molar-refractivity contribution in [1.82, 2.24) is 5.43 Å². The summed E-state index contributed by atoms with van der Waals surface area (Å²) in [6.07, 6.45) is 0. The van der Waals surface area contributed by atoms with E-state index in [9.17, 15) is 0 Å². The molecule has 1 aromatic carbocycles. The van der Waals surface area contributed by atoms with Gasteiger partial charge in [0.05, 0.1) is 12.3 Å². The lowest BCUT2D eigenvalue weighted by Gasteiger charge is -2.09. The average molecular weight is 265 g/mol. The highest BCUT2D eigenvalue weighted by Gasteiger charge is 2.00. The van der Waals surface area contributed by atoms with E-state index in [2.05, 4.69) is 36.6 Å². The van der Waals surface area contributed by atoms with Crippen LogP contribution < -0.4 is 15.9 Å². The second kappa shape index (κ2) is 6.96. The molecule has 0 saturated carbocycles. The largest absolute Gasteiger partial charge is 0.493 e. The number of ether oxygens (including phenoxy) is 1. The minimum absolute atomic E-state index is 0.159. The normalized spacial score (nSPS) is 11.4. The van der Waals surface area contributed by atoms with Gasteiger partial charge in [-0.1, -0.05) is 13.8 Å². The van der Waals surface area contributed by atoms with E-state index in [1.165, 1.54) is 0 Å². The van der Waals surface area contributed by atoms with Crippen LogP contribution in [0.15, 0.2) is 29.4 Å². The number of nitrogens with zero attached hydrogens (tertiary/aromatic N) is 1. The molecule has 0 fully saturated rings. The molecule has 98 valence electrons. The first-order valence-corrected chi connectivity index (χ1v) is 6.23. The Kier molecular flexibility index (Phi) is 5.58. The summed E-state index contributed by atoms with van der Waals surface area (Å²) in [5, 5.41) is 4.22. The Morgan fingerprint density at radius 3 is 2.50 bits per heavy atom. The number of nitrogens with two attached hydrogens (primary N) is 1. The van der Waals surface area contributed by atoms with Crippen molar-refractivity contribution in [2.45, 2.75) is 20.8 Å². The van der Waals surface area contributed by atoms with E-state index in [1.54, 1.807) is 0 Å². The van der Waals surface area contributed by atoms with Crippen molar-refractivity contribution in [3.05, 3.63) is 29.8 Å². The molecule has 0 aliphatic rings. The average Bonchev–Trinajstić information content (AvgIpc) is 2.34. The first-order chi connectivity index (χ1) is 8.49. The van der Waals surface area contributed by atoms with Crippen LogP contribution in [-0.2, 0) is 0 Å². The van der Waals surface area contributed by atoms with E-state index in [0.29, 0.717) is 5.92 Å². The Morgan fingerprint density at radius 2 is 2.00 bits per heavy atom. The summed E-state index contributed by atoms with van der Waals surface area (Å²) in [6, 6.07) is 7.76. The number of thiocarbonyl (C=S) groups is 1. The van der Waals surface area contributed by atoms with Gasteiger partial charge in [0, 0.05) is 0 Å². The van der Waals surface area contributed by atoms with Crippen molar-refractivity contribution in [3.63, 3.8) is 0 Å². The van der Waals surface area contributed by atoms with E-state index in [-0.39, 0.29) is 5.11 Å². The number of rotatable bonds is 5. The topological polar surface area (TPSA) is 59.6 Å². The minimum atomic E-state index is 0.159. The van der Waals surface area contributed by atoms with E-state index >= 15 is 0 Å². The summed E-state index contributed by atoms with van der Waals surface area (Å²) < 4.78 is 5.60. The zero-order valence-electron chi connectivity index (χ0n) is 10.9. The van der Waals surface area contributed by atoms with E-state index in [1.807, 2.05) is 31.2 Å². The van der Waals surface area contributed by atoms with Crippen LogP contribution in [0.4, 0.5) is 0 Å². The molecule has 0 unspecified atom stereocenters. The SMILES string of the molecule is CC(=NNC(N)=S)c1ccc(OCC(C)C)cc1. The van der Waals surface area contributed by atoms with Gasteiger partial charge in [-0.05, 0) is 54.9 Å². The zero-order valence-corrected chi connectivity index (χ0v) is 11.8. The molecular weight excluding hydrogens is 246 g/mol. The maximum Gasteiger partial charge on any atom is 0.184 e. The fourth-order valence-corrected chi connectivity index (χ4v) is 1.30. The highest BCUT2D eigenvalue weighted by Crippen LogP contribution is 2.13. The molecule has 5 heteroatoms. The molecule has 1 aromatic rings. The molecule has 0 bridgehead atoms. The molecular formula is C13H19N3OS. The van der Waals surface area contributed by atoms with Gasteiger partial charge in [-0.3, -0.25) is 5.43 Å². The summed E-state index contributed by atoms with van der Waals surface area (Å²) >= 11 is 4.68. The van der Waals surface area contributed by atoms with Gasteiger partial charge in [0.1, 0.15) is 5.75 Å². The molecule has 0 saturated heterocycles. The minimum Gasteiger partial charge on any atom is -0.493 e. The van der Waals surface area contributed by atoms with Crippen LogP contribution in [0.25, 0.3) is 0 Å². The van der Waals surface area contributed by atoms with Crippen molar-refractivity contribution < 1.29 is 4.74 Å². The first-order valence-electron chi connectivity index (χ1n) is 5.82. The molecule has 0 radical (unpaired) electrons. The van der Waals surface area contributed by atoms with Crippen LogP contribution >= 0.6 is 12.2 Å². The summed E-state index contributed by atoms with van der Waals surface area (Å²) in [7, 11) is 0. The lowest BCUT2D eigenvalue weighted by Crippen LogP contribution is -2.25. The van der Waals surface area contributed by atoms with Crippen LogP contribution in [-0.4, -0.2) is 17.4 Å². The third kappa shape index (κ3) is 5.14. The number of nitrogens with one attached hydrogen (secondary N) is 1. The second-order valence-electron chi connectivity index (χ2n) is 4.40. The van der Waals surface area contributed by atoms with Crippen LogP contribution in [0.3, 0.4) is 0 Å². The monoisotopic (exact) mass is 265 g/mol. The highest BCUT2D eigenvalue weighted by molar-refractivity contribution is 7.80. The molecule has 0 aromatic heterocycles. The maximum absolute atomic E-state index is 5.60. The molecule has 18 heavy (non-hydrogen) atoms. The number of hydrogen-bond donors (Lipinski definition) is 2. The standard InChI is InChI=1S/C13H19N3OS/c1-9(2)8-17-12-6-4-11(5-7-12)10(3)15-16-13(14)18/h4-7,9H,8H2,1-3H3,(H3,14,16,18). The molecule has 0 aliphatic heterocycles. The second-order valence-corrected chi connectivity index (χ2v) is 4.84. The molecule has 1 rings (SSSR count). The van der Waals surface area contributed by atoms with E-state index in [4.69, 9.17) is 10.5 Å². The molecule has 0 spiro atoms. The summed E-state index contributed by atoms with van der Waals surface area (Å²) in [4.78, 5) is 0. The highest BCUT2D eigenvalue weighted by atomic mass is 32.1. The molecule has 0 heterocycles. The van der Waals surface area contributed by atoms with Crippen LogP contribution in [0.2, 0.25) is 0 Å². The van der Waals surface area contributed by atoms with E-state index in [0.717, 1.165) is 23.6 Å². The van der Waals surface area contributed by atoms with Crippen molar-refractivity contribution in [3.8, 4) is 5.75 Å². The Bertz CT molecular complexity index is 426. The van der Waals surface area contributed by atoms with Crippen LogP contribution in [0.5, 0.6) is 5.75 Å². The van der Waals surface area contributed by atoms with Gasteiger partial charge in [-0.2, -0.15) is 5.10 Å². The van der Waals surface area contributed by atoms with Crippen molar-refractivity contribution in [2.75, 3.05) is 6.61 Å².